The topological polar surface area (TPSA) is 60.0 Å². The molecule has 1 heterocycles. The van der Waals surface area contributed by atoms with Crippen molar-refractivity contribution in [3.63, 3.8) is 0 Å². The van der Waals surface area contributed by atoms with Crippen LogP contribution in [0.15, 0.2) is 53.5 Å². The van der Waals surface area contributed by atoms with Gasteiger partial charge in [0.1, 0.15) is 0 Å². The van der Waals surface area contributed by atoms with Crippen LogP contribution in [0.5, 0.6) is 0 Å². The summed E-state index contributed by atoms with van der Waals surface area (Å²) in [5, 5.41) is 6.88. The van der Waals surface area contributed by atoms with Gasteiger partial charge in [0.05, 0.1) is 0 Å². The normalized spacial score (nSPS) is 15.1. The summed E-state index contributed by atoms with van der Waals surface area (Å²) in [6, 6.07) is 15.8. The Balaban J connectivity index is 1.53. The minimum Gasteiger partial charge on any atom is -0.357 e. The fraction of sp³-hybridized carbons (Fsp3) is 0.417. The highest BCUT2D eigenvalue weighted by atomic mass is 35.5. The van der Waals surface area contributed by atoms with E-state index in [0.29, 0.717) is 12.1 Å². The van der Waals surface area contributed by atoms with Crippen molar-refractivity contribution >= 4 is 23.5 Å². The molecule has 0 unspecified atom stereocenters. The number of aliphatic imine (C=N–C) groups is 1. The van der Waals surface area contributed by atoms with E-state index in [1.54, 1.807) is 7.05 Å². The van der Waals surface area contributed by atoms with Crippen molar-refractivity contribution in [2.24, 2.45) is 4.99 Å². The molecule has 6 nitrogen and oxygen atoms in total. The number of hydrogen-bond acceptors (Lipinski definition) is 3. The van der Waals surface area contributed by atoms with Gasteiger partial charge in [-0.05, 0) is 48.7 Å². The molecule has 0 spiro atoms. The number of halogens is 1. The van der Waals surface area contributed by atoms with E-state index in [-0.39, 0.29) is 5.91 Å². The van der Waals surface area contributed by atoms with Crippen molar-refractivity contribution in [1.29, 1.82) is 0 Å². The molecule has 0 aliphatic carbocycles. The molecule has 166 valence electrons. The second-order valence-corrected chi connectivity index (χ2v) is 8.09. The molecule has 1 aliphatic rings. The molecule has 31 heavy (non-hydrogen) atoms. The minimum absolute atomic E-state index is 0.0600. The second kappa shape index (κ2) is 11.7. The zero-order chi connectivity index (χ0) is 22.1. The first-order valence-corrected chi connectivity index (χ1v) is 11.3. The molecule has 2 N–H and O–H groups in total. The lowest BCUT2D eigenvalue weighted by Gasteiger charge is -2.36. The van der Waals surface area contributed by atoms with Gasteiger partial charge < -0.3 is 15.5 Å². The Hall–Kier alpha value is -2.57. The average Bonchev–Trinajstić information content (AvgIpc) is 2.80. The third-order valence-electron chi connectivity index (χ3n) is 5.40. The van der Waals surface area contributed by atoms with Crippen molar-refractivity contribution in [2.45, 2.75) is 19.9 Å². The first-order valence-electron chi connectivity index (χ1n) is 10.9. The van der Waals surface area contributed by atoms with Gasteiger partial charge in [-0.3, -0.25) is 14.7 Å². The van der Waals surface area contributed by atoms with Gasteiger partial charge in [-0.1, -0.05) is 35.9 Å². The summed E-state index contributed by atoms with van der Waals surface area (Å²) < 4.78 is 0. The lowest BCUT2D eigenvalue weighted by atomic mass is 10.1. The van der Waals surface area contributed by atoms with Crippen molar-refractivity contribution in [3.8, 4) is 0 Å². The van der Waals surface area contributed by atoms with E-state index in [9.17, 15) is 4.79 Å². The molecule has 0 atom stereocenters. The number of amides is 1. The molecule has 7 heteroatoms. The third-order valence-corrected chi connectivity index (χ3v) is 5.66. The third kappa shape index (κ3) is 6.97. The van der Waals surface area contributed by atoms with E-state index in [1.165, 1.54) is 5.56 Å². The van der Waals surface area contributed by atoms with E-state index >= 15 is 0 Å². The number of carbonyl (C=O) groups excluding carboxylic acids is 1. The van der Waals surface area contributed by atoms with Crippen LogP contribution in [-0.2, 0) is 13.0 Å². The number of guanidine groups is 1. The summed E-state index contributed by atoms with van der Waals surface area (Å²) >= 11 is 5.99. The number of piperazine rings is 1. The van der Waals surface area contributed by atoms with E-state index in [2.05, 4.69) is 39.5 Å². The van der Waals surface area contributed by atoms with Crippen LogP contribution in [0.2, 0.25) is 5.02 Å². The Labute approximate surface area is 190 Å². The van der Waals surface area contributed by atoms with Crippen molar-refractivity contribution in [2.75, 3.05) is 46.3 Å². The number of hydrogen-bond donors (Lipinski definition) is 2. The summed E-state index contributed by atoms with van der Waals surface area (Å²) in [6.07, 6.45) is 0.802. The van der Waals surface area contributed by atoms with E-state index in [4.69, 9.17) is 16.6 Å². The summed E-state index contributed by atoms with van der Waals surface area (Å²) in [5.41, 5.74) is 3.10. The molecule has 1 aliphatic heterocycles. The number of rotatable bonds is 7. The number of nitrogens with zero attached hydrogens (tertiary/aromatic N) is 3. The van der Waals surface area contributed by atoms with Crippen LogP contribution in [0.1, 0.15) is 28.4 Å². The fourth-order valence-corrected chi connectivity index (χ4v) is 3.82. The molecule has 1 saturated heterocycles. The minimum atomic E-state index is -0.0600. The summed E-state index contributed by atoms with van der Waals surface area (Å²) in [4.78, 5) is 21.5. The molecule has 3 rings (SSSR count). The van der Waals surface area contributed by atoms with Crippen LogP contribution >= 0.6 is 11.6 Å². The van der Waals surface area contributed by atoms with E-state index < -0.39 is 0 Å². The number of benzene rings is 2. The van der Waals surface area contributed by atoms with Crippen molar-refractivity contribution in [3.05, 3.63) is 70.2 Å². The SMILES string of the molecule is CCNC(=NCCc1cccc(C(=O)NC)c1)N1CCN(Cc2ccc(Cl)cc2)CC1. The summed E-state index contributed by atoms with van der Waals surface area (Å²) in [6.45, 7) is 8.47. The quantitative estimate of drug-likeness (QED) is 0.512. The van der Waals surface area contributed by atoms with Crippen molar-refractivity contribution < 1.29 is 4.79 Å². The molecular weight excluding hydrogens is 410 g/mol. The van der Waals surface area contributed by atoms with Crippen LogP contribution in [0.3, 0.4) is 0 Å². The second-order valence-electron chi connectivity index (χ2n) is 7.65. The van der Waals surface area contributed by atoms with Gasteiger partial charge in [0.2, 0.25) is 0 Å². The highest BCUT2D eigenvalue weighted by Crippen LogP contribution is 2.13. The van der Waals surface area contributed by atoms with Gasteiger partial charge >= 0.3 is 0 Å². The Morgan fingerprint density at radius 2 is 1.81 bits per heavy atom. The average molecular weight is 442 g/mol. The molecule has 0 radical (unpaired) electrons. The van der Waals surface area contributed by atoms with Crippen LogP contribution in [0, 0.1) is 0 Å². The predicted molar refractivity (Wildman–Crippen MR) is 128 cm³/mol. The molecule has 1 amide bonds. The summed E-state index contributed by atoms with van der Waals surface area (Å²) in [7, 11) is 1.65. The molecule has 0 aromatic heterocycles. The van der Waals surface area contributed by atoms with Crippen LogP contribution in [0.4, 0.5) is 0 Å². The van der Waals surface area contributed by atoms with Crippen LogP contribution in [-0.4, -0.2) is 68.0 Å². The first-order chi connectivity index (χ1) is 15.1. The molecule has 1 fully saturated rings. The van der Waals surface area contributed by atoms with Crippen LogP contribution < -0.4 is 10.6 Å². The van der Waals surface area contributed by atoms with E-state index in [1.807, 2.05) is 36.4 Å². The number of nitrogens with one attached hydrogen (secondary N) is 2. The van der Waals surface area contributed by atoms with Gasteiger partial charge in [-0.2, -0.15) is 0 Å². The zero-order valence-electron chi connectivity index (χ0n) is 18.4. The Morgan fingerprint density at radius 3 is 2.48 bits per heavy atom. The van der Waals surface area contributed by atoms with Crippen LogP contribution in [0.25, 0.3) is 0 Å². The molecule has 0 bridgehead atoms. The Morgan fingerprint density at radius 1 is 1.06 bits per heavy atom. The lowest BCUT2D eigenvalue weighted by molar-refractivity contribution is 0.0963. The van der Waals surface area contributed by atoms with Gasteiger partial charge in [0.15, 0.2) is 5.96 Å². The highest BCUT2D eigenvalue weighted by Gasteiger charge is 2.19. The Bertz CT molecular complexity index is 876. The maximum Gasteiger partial charge on any atom is 0.251 e. The highest BCUT2D eigenvalue weighted by molar-refractivity contribution is 6.30. The smallest absolute Gasteiger partial charge is 0.251 e. The predicted octanol–water partition coefficient (Wildman–Crippen LogP) is 3.03. The fourth-order valence-electron chi connectivity index (χ4n) is 3.69. The standard InChI is InChI=1S/C24H32ClN5O/c1-3-27-24(28-12-11-19-5-4-6-21(17-19)23(31)26-2)30-15-13-29(14-16-30)18-20-7-9-22(25)10-8-20/h4-10,17H,3,11-16,18H2,1-2H3,(H,26,31)(H,27,28). The van der Waals surface area contributed by atoms with Gasteiger partial charge in [-0.25, -0.2) is 0 Å². The lowest BCUT2D eigenvalue weighted by Crippen LogP contribution is -2.52. The van der Waals surface area contributed by atoms with Gasteiger partial charge in [-0.15, -0.1) is 0 Å². The maximum atomic E-state index is 11.8. The molecule has 2 aromatic rings. The Kier molecular flexibility index (Phi) is 8.74. The first kappa shape index (κ1) is 23.1. The van der Waals surface area contributed by atoms with Gasteiger partial charge in [0.25, 0.3) is 5.91 Å². The largest absolute Gasteiger partial charge is 0.357 e. The van der Waals surface area contributed by atoms with Crippen molar-refractivity contribution in [1.82, 2.24) is 20.4 Å². The summed E-state index contributed by atoms with van der Waals surface area (Å²) in [5.74, 6) is 0.909. The maximum absolute atomic E-state index is 11.8. The molecule has 2 aromatic carbocycles. The number of carbonyl (C=O) groups is 1. The monoisotopic (exact) mass is 441 g/mol. The van der Waals surface area contributed by atoms with E-state index in [0.717, 1.165) is 62.2 Å². The zero-order valence-corrected chi connectivity index (χ0v) is 19.2. The van der Waals surface area contributed by atoms with Gasteiger partial charge in [0, 0.05) is 63.4 Å². The molecular formula is C24H32ClN5O. The molecule has 0 saturated carbocycles.